The number of thioether (sulfide) groups is 1. The van der Waals surface area contributed by atoms with Crippen LogP contribution in [0.5, 0.6) is 0 Å². The summed E-state index contributed by atoms with van der Waals surface area (Å²) < 4.78 is 1.71. The summed E-state index contributed by atoms with van der Waals surface area (Å²) in [6.07, 6.45) is 0. The second kappa shape index (κ2) is 4.56. The number of anilines is 1. The van der Waals surface area contributed by atoms with Crippen LogP contribution in [0.25, 0.3) is 0 Å². The van der Waals surface area contributed by atoms with Gasteiger partial charge in [0.25, 0.3) is 0 Å². The van der Waals surface area contributed by atoms with Crippen LogP contribution >= 0.6 is 11.8 Å². The smallest absolute Gasteiger partial charge is 0.291 e. The minimum absolute atomic E-state index is 0.300. The molecule has 2 rings (SSSR count). The van der Waals surface area contributed by atoms with Gasteiger partial charge in [0.1, 0.15) is 0 Å². The summed E-state index contributed by atoms with van der Waals surface area (Å²) in [5.41, 5.74) is 0.989. The molecule has 0 aliphatic carbocycles. The van der Waals surface area contributed by atoms with E-state index in [-0.39, 0.29) is 6.03 Å². The van der Waals surface area contributed by atoms with Crippen molar-refractivity contribution >= 4 is 28.8 Å². The van der Waals surface area contributed by atoms with Gasteiger partial charge in [0, 0.05) is 24.6 Å². The van der Waals surface area contributed by atoms with Crippen LogP contribution in [0.4, 0.5) is 10.6 Å². The van der Waals surface area contributed by atoms with Gasteiger partial charge in [0.15, 0.2) is 11.0 Å². The zero-order valence-corrected chi connectivity index (χ0v) is 9.97. The lowest BCUT2D eigenvalue weighted by atomic mass is 10.5. The van der Waals surface area contributed by atoms with Crippen LogP contribution in [-0.4, -0.2) is 33.3 Å². The first-order chi connectivity index (χ1) is 7.65. The van der Waals surface area contributed by atoms with Crippen LogP contribution < -0.4 is 10.6 Å². The summed E-state index contributed by atoms with van der Waals surface area (Å²) in [7, 11) is 1.83. The van der Waals surface area contributed by atoms with Crippen LogP contribution in [0.1, 0.15) is 5.69 Å². The molecule has 0 aromatic carbocycles. The van der Waals surface area contributed by atoms with Crippen molar-refractivity contribution in [3.05, 3.63) is 11.8 Å². The third kappa shape index (κ3) is 2.54. The quantitative estimate of drug-likeness (QED) is 0.766. The molecule has 2 N–H and O–H groups in total. The molecular weight excluding hydrogens is 226 g/mol. The van der Waals surface area contributed by atoms with Gasteiger partial charge in [-0.3, -0.25) is 20.3 Å². The number of urea groups is 1. The molecule has 16 heavy (non-hydrogen) atoms. The Morgan fingerprint density at radius 3 is 2.94 bits per heavy atom. The normalized spacial score (nSPS) is 14.8. The molecule has 0 fully saturated rings. The Morgan fingerprint density at radius 2 is 2.38 bits per heavy atom. The average molecular weight is 239 g/mol. The maximum absolute atomic E-state index is 11.5. The molecule has 0 saturated carbocycles. The van der Waals surface area contributed by atoms with Crippen molar-refractivity contribution in [2.24, 2.45) is 12.0 Å². The zero-order chi connectivity index (χ0) is 11.5. The van der Waals surface area contributed by atoms with Gasteiger partial charge < -0.3 is 0 Å². The first kappa shape index (κ1) is 11.0. The summed E-state index contributed by atoms with van der Waals surface area (Å²) in [5.74, 6) is 1.47. The monoisotopic (exact) mass is 239 g/mol. The van der Waals surface area contributed by atoms with Gasteiger partial charge in [0.2, 0.25) is 0 Å². The molecule has 1 aromatic heterocycles. The molecule has 0 bridgehead atoms. The average Bonchev–Trinajstić information content (AvgIpc) is 2.78. The molecule has 0 spiro atoms. The van der Waals surface area contributed by atoms with Crippen molar-refractivity contribution in [2.75, 3.05) is 17.6 Å². The lowest BCUT2D eigenvalue weighted by Crippen LogP contribution is -2.32. The molecule has 86 valence electrons. The fourth-order valence-corrected chi connectivity index (χ4v) is 2.00. The highest BCUT2D eigenvalue weighted by molar-refractivity contribution is 8.14. The Morgan fingerprint density at radius 1 is 1.56 bits per heavy atom. The zero-order valence-electron chi connectivity index (χ0n) is 9.15. The van der Waals surface area contributed by atoms with E-state index in [2.05, 4.69) is 20.7 Å². The molecule has 7 heteroatoms. The number of hydrogen-bond donors (Lipinski definition) is 2. The van der Waals surface area contributed by atoms with E-state index in [9.17, 15) is 4.79 Å². The molecule has 6 nitrogen and oxygen atoms in total. The number of amides is 2. The second-order valence-corrected chi connectivity index (χ2v) is 4.49. The van der Waals surface area contributed by atoms with Crippen LogP contribution in [0, 0.1) is 6.92 Å². The number of rotatable bonds is 1. The van der Waals surface area contributed by atoms with E-state index in [1.807, 2.05) is 20.0 Å². The summed E-state index contributed by atoms with van der Waals surface area (Å²) in [4.78, 5) is 15.6. The highest BCUT2D eigenvalue weighted by Gasteiger charge is 2.11. The Balaban J connectivity index is 1.91. The van der Waals surface area contributed by atoms with E-state index in [0.29, 0.717) is 11.0 Å². The van der Waals surface area contributed by atoms with E-state index < -0.39 is 0 Å². The third-order valence-corrected chi connectivity index (χ3v) is 3.05. The van der Waals surface area contributed by atoms with Crippen molar-refractivity contribution in [3.8, 4) is 0 Å². The molecule has 1 aliphatic heterocycles. The molecule has 0 atom stereocenters. The Bertz CT molecular complexity index is 420. The Hall–Kier alpha value is -1.50. The van der Waals surface area contributed by atoms with Gasteiger partial charge in [-0.05, 0) is 6.92 Å². The lowest BCUT2D eigenvalue weighted by Gasteiger charge is -2.03. The van der Waals surface area contributed by atoms with Crippen molar-refractivity contribution < 1.29 is 4.79 Å². The van der Waals surface area contributed by atoms with Crippen LogP contribution in [-0.2, 0) is 7.05 Å². The number of nitrogens with zero attached hydrogens (tertiary/aromatic N) is 3. The maximum Gasteiger partial charge on any atom is 0.326 e. The number of carbonyl (C=O) groups is 1. The predicted octanol–water partition coefficient (Wildman–Crippen LogP) is 0.953. The fraction of sp³-hybridized carbons (Fsp3) is 0.444. The van der Waals surface area contributed by atoms with Crippen molar-refractivity contribution in [1.29, 1.82) is 0 Å². The molecule has 0 saturated heterocycles. The number of aliphatic imine (C=N–C) groups is 1. The molecular formula is C9H13N5OS. The van der Waals surface area contributed by atoms with E-state index in [1.165, 1.54) is 0 Å². The molecule has 1 aliphatic rings. The SMILES string of the molecule is Cc1cc(NC(=O)NC2=NCCS2)nn1C. The second-order valence-electron chi connectivity index (χ2n) is 3.41. The Kier molecular flexibility index (Phi) is 3.14. The largest absolute Gasteiger partial charge is 0.326 e. The standard InChI is InChI=1S/C9H13N5OS/c1-6-5-7(13-14(6)2)11-8(15)12-9-10-3-4-16-9/h5H,3-4H2,1-2H3,(H2,10,11,12,13,15). The number of hydrogen-bond acceptors (Lipinski definition) is 4. The van der Waals surface area contributed by atoms with Crippen molar-refractivity contribution in [2.45, 2.75) is 6.92 Å². The molecule has 2 heterocycles. The number of aromatic nitrogens is 2. The van der Waals surface area contributed by atoms with Crippen LogP contribution in [0.3, 0.4) is 0 Å². The first-order valence-electron chi connectivity index (χ1n) is 4.91. The number of carbonyl (C=O) groups excluding carboxylic acids is 1. The summed E-state index contributed by atoms with van der Waals surface area (Å²) in [5, 5.41) is 10.1. The van der Waals surface area contributed by atoms with E-state index in [1.54, 1.807) is 16.4 Å². The highest BCUT2D eigenvalue weighted by Crippen LogP contribution is 2.10. The maximum atomic E-state index is 11.5. The predicted molar refractivity (Wildman–Crippen MR) is 64.9 cm³/mol. The van der Waals surface area contributed by atoms with Crippen molar-refractivity contribution in [1.82, 2.24) is 15.1 Å². The van der Waals surface area contributed by atoms with Gasteiger partial charge >= 0.3 is 6.03 Å². The minimum Gasteiger partial charge on any atom is -0.291 e. The fourth-order valence-electron chi connectivity index (χ4n) is 1.28. The Labute approximate surface area is 97.5 Å². The minimum atomic E-state index is -0.300. The van der Waals surface area contributed by atoms with Gasteiger partial charge in [-0.1, -0.05) is 11.8 Å². The van der Waals surface area contributed by atoms with Gasteiger partial charge in [-0.25, -0.2) is 4.79 Å². The van der Waals surface area contributed by atoms with E-state index in [0.717, 1.165) is 18.0 Å². The van der Waals surface area contributed by atoms with Crippen LogP contribution in [0.2, 0.25) is 0 Å². The molecule has 1 aromatic rings. The number of amidine groups is 1. The van der Waals surface area contributed by atoms with Gasteiger partial charge in [-0.2, -0.15) is 5.10 Å². The number of aryl methyl sites for hydroxylation is 2. The van der Waals surface area contributed by atoms with Gasteiger partial charge in [-0.15, -0.1) is 0 Å². The van der Waals surface area contributed by atoms with E-state index >= 15 is 0 Å². The number of nitrogens with one attached hydrogen (secondary N) is 2. The van der Waals surface area contributed by atoms with Gasteiger partial charge in [0.05, 0.1) is 6.54 Å². The summed E-state index contributed by atoms with van der Waals surface area (Å²) >= 11 is 1.54. The molecule has 2 amide bonds. The van der Waals surface area contributed by atoms with Crippen LogP contribution in [0.15, 0.2) is 11.1 Å². The molecule has 0 unspecified atom stereocenters. The lowest BCUT2D eigenvalue weighted by molar-refractivity contribution is 0.256. The third-order valence-electron chi connectivity index (χ3n) is 2.16. The first-order valence-corrected chi connectivity index (χ1v) is 5.89. The van der Waals surface area contributed by atoms with E-state index in [4.69, 9.17) is 0 Å². The van der Waals surface area contributed by atoms with Crippen molar-refractivity contribution in [3.63, 3.8) is 0 Å². The summed E-state index contributed by atoms with van der Waals surface area (Å²) in [6, 6.07) is 1.51. The highest BCUT2D eigenvalue weighted by atomic mass is 32.2. The summed E-state index contributed by atoms with van der Waals surface area (Å²) in [6.45, 7) is 2.69. The topological polar surface area (TPSA) is 71.3 Å². The molecule has 0 radical (unpaired) electrons.